The van der Waals surface area contributed by atoms with Crippen LogP contribution in [-0.4, -0.2) is 39.2 Å². The molecule has 7 heteroatoms. The maximum absolute atomic E-state index is 12.3. The number of carbonyl (C=O) groups excluding carboxylic acids is 1. The van der Waals surface area contributed by atoms with Crippen molar-refractivity contribution in [1.29, 1.82) is 5.26 Å². The summed E-state index contributed by atoms with van der Waals surface area (Å²) in [7, 11) is 3.78. The Labute approximate surface area is 147 Å². The smallest absolute Gasteiger partial charge is 0.223 e. The standard InChI is InChI=1S/C18H22N6O/c1-11-17(12(2)24(4)22-11)18-13(7-16(25)23(18)3)10-21-15-5-6-20-9-14(15)8-19/h5-6,9,13,18H,7,10H2,1-4H3,(H,20,21)/t13-,18+/m0/s1. The number of pyridine rings is 1. The van der Waals surface area contributed by atoms with Gasteiger partial charge < -0.3 is 10.2 Å². The third kappa shape index (κ3) is 2.95. The molecule has 0 saturated carbocycles. The third-order valence-corrected chi connectivity index (χ3v) is 5.05. The molecule has 0 radical (unpaired) electrons. The van der Waals surface area contributed by atoms with Crippen molar-refractivity contribution in [2.24, 2.45) is 13.0 Å². The molecule has 0 aliphatic carbocycles. The van der Waals surface area contributed by atoms with E-state index in [0.717, 1.165) is 22.6 Å². The molecule has 0 bridgehead atoms. The molecule has 2 atom stereocenters. The minimum absolute atomic E-state index is 0.0129. The van der Waals surface area contributed by atoms with Crippen LogP contribution in [-0.2, 0) is 11.8 Å². The van der Waals surface area contributed by atoms with Crippen LogP contribution in [0, 0.1) is 31.1 Å². The number of hydrogen-bond acceptors (Lipinski definition) is 5. The van der Waals surface area contributed by atoms with Crippen molar-refractivity contribution >= 4 is 11.6 Å². The SMILES string of the molecule is Cc1nn(C)c(C)c1[C@H]1[C@H](CNc2ccncc2C#N)CC(=O)N1C. The molecule has 25 heavy (non-hydrogen) atoms. The predicted molar refractivity (Wildman–Crippen MR) is 93.7 cm³/mol. The van der Waals surface area contributed by atoms with Crippen LogP contribution in [0.5, 0.6) is 0 Å². The lowest BCUT2D eigenvalue weighted by Gasteiger charge is -2.26. The first kappa shape index (κ1) is 17.0. The minimum Gasteiger partial charge on any atom is -0.383 e. The van der Waals surface area contributed by atoms with Crippen molar-refractivity contribution in [2.45, 2.75) is 26.3 Å². The third-order valence-electron chi connectivity index (χ3n) is 5.05. The minimum atomic E-state index is -0.0129. The number of nitriles is 1. The summed E-state index contributed by atoms with van der Waals surface area (Å²) >= 11 is 0. The molecule has 130 valence electrons. The number of nitrogens with zero attached hydrogens (tertiary/aromatic N) is 5. The Bertz CT molecular complexity index is 850. The van der Waals surface area contributed by atoms with Gasteiger partial charge in [-0.3, -0.25) is 14.5 Å². The molecular formula is C18H22N6O. The van der Waals surface area contributed by atoms with Crippen molar-refractivity contribution in [3.63, 3.8) is 0 Å². The van der Waals surface area contributed by atoms with Crippen LogP contribution in [0.3, 0.4) is 0 Å². The van der Waals surface area contributed by atoms with E-state index in [1.54, 1.807) is 18.5 Å². The summed E-state index contributed by atoms with van der Waals surface area (Å²) < 4.78 is 1.86. The van der Waals surface area contributed by atoms with E-state index in [4.69, 9.17) is 0 Å². The van der Waals surface area contributed by atoms with Gasteiger partial charge >= 0.3 is 0 Å². The number of likely N-dealkylation sites (tertiary alicyclic amines) is 1. The highest BCUT2D eigenvalue weighted by molar-refractivity contribution is 5.79. The van der Waals surface area contributed by atoms with Crippen LogP contribution in [0.15, 0.2) is 18.5 Å². The second-order valence-electron chi connectivity index (χ2n) is 6.54. The van der Waals surface area contributed by atoms with Crippen LogP contribution < -0.4 is 5.32 Å². The highest BCUT2D eigenvalue weighted by atomic mass is 16.2. The maximum Gasteiger partial charge on any atom is 0.223 e. The molecule has 3 heterocycles. The number of hydrogen-bond donors (Lipinski definition) is 1. The van der Waals surface area contributed by atoms with E-state index in [-0.39, 0.29) is 17.9 Å². The normalized spacial score (nSPS) is 20.0. The fraction of sp³-hybridized carbons (Fsp3) is 0.444. The lowest BCUT2D eigenvalue weighted by atomic mass is 9.92. The number of carbonyl (C=O) groups is 1. The molecule has 1 N–H and O–H groups in total. The van der Waals surface area contributed by atoms with Crippen molar-refractivity contribution in [3.05, 3.63) is 41.0 Å². The van der Waals surface area contributed by atoms with Crippen molar-refractivity contribution < 1.29 is 4.79 Å². The van der Waals surface area contributed by atoms with Gasteiger partial charge in [-0.25, -0.2) is 0 Å². The number of nitrogens with one attached hydrogen (secondary N) is 1. The molecule has 2 aromatic rings. The Morgan fingerprint density at radius 1 is 1.40 bits per heavy atom. The first-order valence-corrected chi connectivity index (χ1v) is 8.27. The van der Waals surface area contributed by atoms with Gasteiger partial charge in [0.2, 0.25) is 5.91 Å². The van der Waals surface area contributed by atoms with Crippen LogP contribution in [0.2, 0.25) is 0 Å². The van der Waals surface area contributed by atoms with E-state index in [1.165, 1.54) is 0 Å². The first-order valence-electron chi connectivity index (χ1n) is 8.27. The number of aryl methyl sites for hydroxylation is 2. The highest BCUT2D eigenvalue weighted by Crippen LogP contribution is 2.39. The van der Waals surface area contributed by atoms with Gasteiger partial charge in [0, 0.05) is 56.6 Å². The van der Waals surface area contributed by atoms with Crippen LogP contribution in [0.1, 0.15) is 35.0 Å². The Morgan fingerprint density at radius 3 is 2.80 bits per heavy atom. The second kappa shape index (κ2) is 6.55. The number of amides is 1. The first-order chi connectivity index (χ1) is 11.9. The molecule has 1 aliphatic heterocycles. The molecule has 0 spiro atoms. The molecule has 1 saturated heterocycles. The molecule has 1 aliphatic rings. The van der Waals surface area contributed by atoms with E-state index in [2.05, 4.69) is 21.5 Å². The highest BCUT2D eigenvalue weighted by Gasteiger charge is 2.40. The van der Waals surface area contributed by atoms with Crippen molar-refractivity contribution in [1.82, 2.24) is 19.7 Å². The van der Waals surface area contributed by atoms with E-state index < -0.39 is 0 Å². The van der Waals surface area contributed by atoms with Gasteiger partial charge in [0.05, 0.1) is 23.0 Å². The number of aromatic nitrogens is 3. The zero-order chi connectivity index (χ0) is 18.1. The summed E-state index contributed by atoms with van der Waals surface area (Å²) in [6.07, 6.45) is 3.68. The van der Waals surface area contributed by atoms with Gasteiger partial charge in [-0.15, -0.1) is 0 Å². The topological polar surface area (TPSA) is 86.8 Å². The summed E-state index contributed by atoms with van der Waals surface area (Å²) in [6.45, 7) is 4.63. The summed E-state index contributed by atoms with van der Waals surface area (Å²) in [4.78, 5) is 18.1. The van der Waals surface area contributed by atoms with Crippen LogP contribution in [0.25, 0.3) is 0 Å². The van der Waals surface area contributed by atoms with Crippen LogP contribution >= 0.6 is 0 Å². The average molecular weight is 338 g/mol. The van der Waals surface area contributed by atoms with E-state index in [1.807, 2.05) is 37.5 Å². The van der Waals surface area contributed by atoms with Gasteiger partial charge in [-0.05, 0) is 19.9 Å². The van der Waals surface area contributed by atoms with E-state index in [9.17, 15) is 10.1 Å². The largest absolute Gasteiger partial charge is 0.383 e. The fourth-order valence-electron chi connectivity index (χ4n) is 3.66. The average Bonchev–Trinajstić information content (AvgIpc) is 3.01. The van der Waals surface area contributed by atoms with Gasteiger partial charge in [0.1, 0.15) is 6.07 Å². The monoisotopic (exact) mass is 338 g/mol. The zero-order valence-corrected chi connectivity index (χ0v) is 14.9. The summed E-state index contributed by atoms with van der Waals surface area (Å²) in [5.74, 6) is 0.244. The van der Waals surface area contributed by atoms with Gasteiger partial charge in [0.25, 0.3) is 0 Å². The predicted octanol–water partition coefficient (Wildman–Crippen LogP) is 1.94. The lowest BCUT2D eigenvalue weighted by Crippen LogP contribution is -2.27. The molecule has 0 unspecified atom stereocenters. The maximum atomic E-state index is 12.3. The lowest BCUT2D eigenvalue weighted by molar-refractivity contribution is -0.127. The molecule has 7 nitrogen and oxygen atoms in total. The molecule has 2 aromatic heterocycles. The van der Waals surface area contributed by atoms with E-state index in [0.29, 0.717) is 18.5 Å². The second-order valence-corrected chi connectivity index (χ2v) is 6.54. The Hall–Kier alpha value is -2.88. The van der Waals surface area contributed by atoms with Crippen LogP contribution in [0.4, 0.5) is 5.69 Å². The molecule has 1 amide bonds. The Kier molecular flexibility index (Phi) is 4.45. The van der Waals surface area contributed by atoms with Gasteiger partial charge in [-0.1, -0.05) is 0 Å². The zero-order valence-electron chi connectivity index (χ0n) is 14.9. The number of anilines is 1. The quantitative estimate of drug-likeness (QED) is 0.920. The molecule has 0 aromatic carbocycles. The molecular weight excluding hydrogens is 316 g/mol. The van der Waals surface area contributed by atoms with Crippen molar-refractivity contribution in [3.8, 4) is 6.07 Å². The fourth-order valence-corrected chi connectivity index (χ4v) is 3.66. The molecule has 1 fully saturated rings. The van der Waals surface area contributed by atoms with Gasteiger partial charge in [-0.2, -0.15) is 10.4 Å². The summed E-state index contributed by atoms with van der Waals surface area (Å²) in [5.41, 5.74) is 4.41. The van der Waals surface area contributed by atoms with Gasteiger partial charge in [0.15, 0.2) is 0 Å². The van der Waals surface area contributed by atoms with Crippen molar-refractivity contribution in [2.75, 3.05) is 18.9 Å². The number of rotatable bonds is 4. The molecule has 3 rings (SSSR count). The Morgan fingerprint density at radius 2 is 2.16 bits per heavy atom. The summed E-state index contributed by atoms with van der Waals surface area (Å²) in [5, 5.41) is 17.0. The van der Waals surface area contributed by atoms with E-state index >= 15 is 0 Å². The summed E-state index contributed by atoms with van der Waals surface area (Å²) in [6, 6.07) is 3.91. The Balaban J connectivity index is 1.87.